The van der Waals surface area contributed by atoms with Crippen molar-refractivity contribution in [1.82, 2.24) is 14.9 Å². The Morgan fingerprint density at radius 3 is 2.88 bits per heavy atom. The van der Waals surface area contributed by atoms with E-state index in [0.29, 0.717) is 11.0 Å². The molecule has 0 aliphatic heterocycles. The molecule has 0 aliphatic rings. The lowest BCUT2D eigenvalue weighted by molar-refractivity contribution is -0.384. The number of carbonyl (C=O) groups is 1. The van der Waals surface area contributed by atoms with Crippen molar-refractivity contribution >= 4 is 52.0 Å². The highest BCUT2D eigenvalue weighted by Gasteiger charge is 2.15. The number of non-ortho nitro benzene ring substituents is 1. The van der Waals surface area contributed by atoms with Crippen molar-refractivity contribution in [3.63, 3.8) is 0 Å². The Morgan fingerprint density at radius 2 is 2.23 bits per heavy atom. The van der Waals surface area contributed by atoms with Gasteiger partial charge in [0.15, 0.2) is 5.82 Å². The molecular formula is C14H11ClN6O3S2. The smallest absolute Gasteiger partial charge is 0.271 e. The summed E-state index contributed by atoms with van der Waals surface area (Å²) in [6.45, 7) is 0. The van der Waals surface area contributed by atoms with Gasteiger partial charge in [-0.1, -0.05) is 29.4 Å². The molecule has 1 amide bonds. The number of nitrogens with two attached hydrogens (primary N) is 1. The third kappa shape index (κ3) is 3.95. The number of carbonyl (C=O) groups excluding carboxylic acids is 1. The van der Waals surface area contributed by atoms with Gasteiger partial charge in [-0.3, -0.25) is 14.9 Å². The first-order valence-electron chi connectivity index (χ1n) is 7.06. The molecule has 26 heavy (non-hydrogen) atoms. The van der Waals surface area contributed by atoms with Crippen molar-refractivity contribution in [3.05, 3.63) is 50.8 Å². The number of aromatic nitrogens is 3. The molecule has 12 heteroatoms. The second-order valence-corrected chi connectivity index (χ2v) is 7.21. The average Bonchev–Trinajstić information content (AvgIpc) is 3.24. The first-order chi connectivity index (χ1) is 12.5. The van der Waals surface area contributed by atoms with E-state index in [4.69, 9.17) is 17.4 Å². The highest BCUT2D eigenvalue weighted by atomic mass is 35.5. The maximum absolute atomic E-state index is 12.1. The predicted octanol–water partition coefficient (Wildman–Crippen LogP) is 3.01. The third-order valence-electron chi connectivity index (χ3n) is 3.18. The number of nitrogen functional groups attached to an aromatic ring is 1. The van der Waals surface area contributed by atoms with Crippen LogP contribution >= 0.6 is 34.7 Å². The van der Waals surface area contributed by atoms with Gasteiger partial charge in [0.25, 0.3) is 5.69 Å². The summed E-state index contributed by atoms with van der Waals surface area (Å²) < 4.78 is 1.32. The highest BCUT2D eigenvalue weighted by Crippen LogP contribution is 2.28. The molecule has 0 radical (unpaired) electrons. The van der Waals surface area contributed by atoms with E-state index in [1.165, 1.54) is 34.2 Å². The topological polar surface area (TPSA) is 129 Å². The van der Waals surface area contributed by atoms with Gasteiger partial charge < -0.3 is 11.2 Å². The number of hydrogen-bond acceptors (Lipinski definition) is 8. The van der Waals surface area contributed by atoms with E-state index >= 15 is 0 Å². The van der Waals surface area contributed by atoms with Crippen molar-refractivity contribution in [2.24, 2.45) is 0 Å². The van der Waals surface area contributed by atoms with Gasteiger partial charge in [-0.25, -0.2) is 4.68 Å². The molecule has 3 rings (SSSR count). The molecule has 0 atom stereocenters. The van der Waals surface area contributed by atoms with Gasteiger partial charge in [0.05, 0.1) is 26.3 Å². The average molecular weight is 411 g/mol. The molecular weight excluding hydrogens is 400 g/mol. The first kappa shape index (κ1) is 18.2. The first-order valence-corrected chi connectivity index (χ1v) is 9.31. The van der Waals surface area contributed by atoms with Crippen LogP contribution in [0.1, 0.15) is 0 Å². The molecule has 134 valence electrons. The SMILES string of the molecule is Nn1c(SCC(=O)Nc2ccc([N+](=O)[O-])cc2Cl)nnc1-c1cccs1. The van der Waals surface area contributed by atoms with E-state index in [0.717, 1.165) is 16.6 Å². The summed E-state index contributed by atoms with van der Waals surface area (Å²) in [6, 6.07) is 7.56. The second-order valence-electron chi connectivity index (χ2n) is 4.91. The van der Waals surface area contributed by atoms with Gasteiger partial charge in [-0.15, -0.1) is 21.5 Å². The Bertz CT molecular complexity index is 960. The van der Waals surface area contributed by atoms with E-state index in [1.54, 1.807) is 0 Å². The van der Waals surface area contributed by atoms with Crippen LogP contribution < -0.4 is 11.2 Å². The molecule has 0 aliphatic carbocycles. The van der Waals surface area contributed by atoms with Crippen molar-refractivity contribution in [2.75, 3.05) is 16.9 Å². The molecule has 9 nitrogen and oxygen atoms in total. The molecule has 1 aromatic carbocycles. The zero-order valence-electron chi connectivity index (χ0n) is 13.0. The molecule has 0 saturated heterocycles. The van der Waals surface area contributed by atoms with Crippen LogP contribution in [0.25, 0.3) is 10.7 Å². The van der Waals surface area contributed by atoms with Gasteiger partial charge in [0.1, 0.15) is 0 Å². The van der Waals surface area contributed by atoms with Crippen LogP contribution in [0.5, 0.6) is 0 Å². The lowest BCUT2D eigenvalue weighted by Crippen LogP contribution is -2.16. The summed E-state index contributed by atoms with van der Waals surface area (Å²) in [5.41, 5.74) is 0.135. The number of thioether (sulfide) groups is 1. The number of halogens is 1. The summed E-state index contributed by atoms with van der Waals surface area (Å²) in [5.74, 6) is 6.14. The fourth-order valence-electron chi connectivity index (χ4n) is 1.98. The summed E-state index contributed by atoms with van der Waals surface area (Å²) >= 11 is 8.54. The fraction of sp³-hybridized carbons (Fsp3) is 0.0714. The van der Waals surface area contributed by atoms with Crippen LogP contribution in [0.3, 0.4) is 0 Å². The van der Waals surface area contributed by atoms with E-state index in [1.807, 2.05) is 17.5 Å². The van der Waals surface area contributed by atoms with E-state index in [-0.39, 0.29) is 28.1 Å². The van der Waals surface area contributed by atoms with Gasteiger partial charge in [-0.05, 0) is 17.5 Å². The van der Waals surface area contributed by atoms with Gasteiger partial charge >= 0.3 is 0 Å². The molecule has 2 heterocycles. The quantitative estimate of drug-likeness (QED) is 0.276. The van der Waals surface area contributed by atoms with Gasteiger partial charge in [-0.2, -0.15) is 0 Å². The van der Waals surface area contributed by atoms with Crippen molar-refractivity contribution in [1.29, 1.82) is 0 Å². The van der Waals surface area contributed by atoms with Gasteiger partial charge in [0, 0.05) is 12.1 Å². The number of thiophene rings is 1. The summed E-state index contributed by atoms with van der Waals surface area (Å²) in [7, 11) is 0. The lowest BCUT2D eigenvalue weighted by Gasteiger charge is -2.07. The van der Waals surface area contributed by atoms with Crippen LogP contribution in [-0.4, -0.2) is 31.5 Å². The summed E-state index contributed by atoms with van der Waals surface area (Å²) in [6.07, 6.45) is 0. The van der Waals surface area contributed by atoms with E-state index in [2.05, 4.69) is 15.5 Å². The number of nitrogens with zero attached hydrogens (tertiary/aromatic N) is 4. The number of nitro groups is 1. The Balaban J connectivity index is 1.62. The molecule has 0 bridgehead atoms. The number of nitro benzene ring substituents is 1. The minimum atomic E-state index is -0.563. The van der Waals surface area contributed by atoms with Crippen LogP contribution in [-0.2, 0) is 4.79 Å². The zero-order chi connectivity index (χ0) is 18.7. The zero-order valence-corrected chi connectivity index (χ0v) is 15.3. The summed E-state index contributed by atoms with van der Waals surface area (Å²) in [5, 5.41) is 23.7. The molecule has 0 unspecified atom stereocenters. The molecule has 3 N–H and O–H groups in total. The van der Waals surface area contributed by atoms with E-state index in [9.17, 15) is 14.9 Å². The van der Waals surface area contributed by atoms with Crippen molar-refractivity contribution in [2.45, 2.75) is 5.16 Å². The van der Waals surface area contributed by atoms with E-state index < -0.39 is 4.92 Å². The number of nitrogens with one attached hydrogen (secondary N) is 1. The van der Waals surface area contributed by atoms with Crippen LogP contribution in [0, 0.1) is 10.1 Å². The van der Waals surface area contributed by atoms with Crippen molar-refractivity contribution < 1.29 is 9.72 Å². The number of benzene rings is 1. The number of hydrogen-bond donors (Lipinski definition) is 2. The molecule has 0 spiro atoms. The second kappa shape index (κ2) is 7.72. The summed E-state index contributed by atoms with van der Waals surface area (Å²) in [4.78, 5) is 23.1. The molecule has 0 saturated carbocycles. The number of amides is 1. The fourth-order valence-corrected chi connectivity index (χ4v) is 3.57. The standard InChI is InChI=1S/C14H11ClN6O3S2/c15-9-6-8(21(23)24)3-4-10(9)17-12(22)7-26-14-19-18-13(20(14)16)11-2-1-5-25-11/h1-6H,7,16H2,(H,17,22). The van der Waals surface area contributed by atoms with Crippen molar-refractivity contribution in [3.8, 4) is 10.7 Å². The Morgan fingerprint density at radius 1 is 1.42 bits per heavy atom. The number of anilines is 1. The number of rotatable bonds is 6. The monoisotopic (exact) mass is 410 g/mol. The highest BCUT2D eigenvalue weighted by molar-refractivity contribution is 7.99. The van der Waals surface area contributed by atoms with Crippen LogP contribution in [0.2, 0.25) is 5.02 Å². The van der Waals surface area contributed by atoms with Gasteiger partial charge in [0.2, 0.25) is 11.1 Å². The lowest BCUT2D eigenvalue weighted by atomic mass is 10.3. The molecule has 2 aromatic heterocycles. The largest absolute Gasteiger partial charge is 0.335 e. The minimum Gasteiger partial charge on any atom is -0.335 e. The Hall–Kier alpha value is -2.63. The van der Waals surface area contributed by atoms with Crippen LogP contribution in [0.15, 0.2) is 40.9 Å². The third-order valence-corrected chi connectivity index (χ3v) is 5.30. The normalized spacial score (nSPS) is 10.7. The Kier molecular flexibility index (Phi) is 5.40. The maximum Gasteiger partial charge on any atom is 0.271 e. The maximum atomic E-state index is 12.1. The molecule has 0 fully saturated rings. The predicted molar refractivity (Wildman–Crippen MR) is 101 cm³/mol. The van der Waals surface area contributed by atoms with Crippen LogP contribution in [0.4, 0.5) is 11.4 Å². The Labute approximate surface area is 160 Å². The molecule has 3 aromatic rings. The minimum absolute atomic E-state index is 0.0209.